The molecule has 0 unspecified atom stereocenters. The largest absolute Gasteiger partial charge is 0.493 e. The van der Waals surface area contributed by atoms with Gasteiger partial charge in [-0.3, -0.25) is 14.3 Å². The van der Waals surface area contributed by atoms with Crippen LogP contribution >= 0.6 is 0 Å². The number of nitrogens with one attached hydrogen (secondary N) is 2. The molecule has 3 aromatic rings. The lowest BCUT2D eigenvalue weighted by Gasteiger charge is -2.28. The van der Waals surface area contributed by atoms with Gasteiger partial charge >= 0.3 is 12.1 Å². The number of alkyl halides is 3. The van der Waals surface area contributed by atoms with Gasteiger partial charge in [-0.2, -0.15) is 18.3 Å². The van der Waals surface area contributed by atoms with Crippen LogP contribution in [0.4, 0.5) is 13.2 Å². The first-order valence-corrected chi connectivity index (χ1v) is 11.6. The number of aryl methyl sites for hydroxylation is 1. The number of H-pyrrole nitrogens is 1. The zero-order valence-electron chi connectivity index (χ0n) is 20.8. The maximum atomic E-state index is 12.9. The molecule has 0 bridgehead atoms. The van der Waals surface area contributed by atoms with Gasteiger partial charge < -0.3 is 20.1 Å². The number of carbonyl (C=O) groups excluding carboxylic acids is 1. The molecule has 1 aliphatic rings. The van der Waals surface area contributed by atoms with E-state index in [0.29, 0.717) is 52.7 Å². The van der Waals surface area contributed by atoms with Gasteiger partial charge in [0, 0.05) is 18.7 Å². The van der Waals surface area contributed by atoms with Crippen molar-refractivity contribution >= 4 is 22.8 Å². The number of benzene rings is 1. The molecule has 37 heavy (non-hydrogen) atoms. The van der Waals surface area contributed by atoms with E-state index in [2.05, 4.69) is 29.2 Å². The van der Waals surface area contributed by atoms with Gasteiger partial charge in [0.05, 0.1) is 23.9 Å². The molecule has 4 rings (SSSR count). The molecule has 1 aliphatic heterocycles. The Morgan fingerprint density at radius 3 is 2.38 bits per heavy atom. The van der Waals surface area contributed by atoms with E-state index in [-0.39, 0.29) is 17.4 Å². The molecule has 1 aromatic carbocycles. The minimum Gasteiger partial charge on any atom is -0.493 e. The van der Waals surface area contributed by atoms with Crippen molar-refractivity contribution in [2.45, 2.75) is 46.3 Å². The molecule has 0 atom stereocenters. The van der Waals surface area contributed by atoms with Gasteiger partial charge in [-0.15, -0.1) is 0 Å². The van der Waals surface area contributed by atoms with Gasteiger partial charge in [0.15, 0.2) is 11.3 Å². The molecule has 0 radical (unpaired) electrons. The fourth-order valence-corrected chi connectivity index (χ4v) is 3.56. The van der Waals surface area contributed by atoms with Crippen LogP contribution < -0.4 is 15.6 Å². The highest BCUT2D eigenvalue weighted by molar-refractivity contribution is 5.95. The van der Waals surface area contributed by atoms with E-state index in [1.54, 1.807) is 18.2 Å². The summed E-state index contributed by atoms with van der Waals surface area (Å²) in [6.07, 6.45) is -4.37. The summed E-state index contributed by atoms with van der Waals surface area (Å²) in [5.74, 6) is -1.51. The van der Waals surface area contributed by atoms with Crippen LogP contribution in [0.3, 0.4) is 0 Å². The van der Waals surface area contributed by atoms with Crippen molar-refractivity contribution in [3.63, 3.8) is 0 Å². The molecule has 200 valence electrons. The number of carbonyl (C=O) groups is 2. The molecule has 0 saturated carbocycles. The minimum atomic E-state index is -5.08. The van der Waals surface area contributed by atoms with Crippen molar-refractivity contribution < 1.29 is 32.6 Å². The number of aliphatic carboxylic acids is 1. The van der Waals surface area contributed by atoms with Gasteiger partial charge in [0.1, 0.15) is 17.1 Å². The number of ether oxygens (including phenoxy) is 1. The van der Waals surface area contributed by atoms with Crippen molar-refractivity contribution in [2.24, 2.45) is 5.92 Å². The Bertz CT molecular complexity index is 1360. The zero-order chi connectivity index (χ0) is 27.5. The Kier molecular flexibility index (Phi) is 8.36. The lowest BCUT2D eigenvalue weighted by atomic mass is 10.1. The van der Waals surface area contributed by atoms with Crippen molar-refractivity contribution in [1.82, 2.24) is 25.1 Å². The highest BCUT2D eigenvalue weighted by Gasteiger charge is 2.38. The average Bonchev–Trinajstić information content (AvgIpc) is 3.14. The van der Waals surface area contributed by atoms with E-state index in [9.17, 15) is 22.8 Å². The van der Waals surface area contributed by atoms with Crippen LogP contribution in [0.25, 0.3) is 22.4 Å². The number of Topliss-reactive ketones (excluding diaryl/α,β-unsaturated/α-hetero) is 1. The first-order valence-electron chi connectivity index (χ1n) is 11.6. The Morgan fingerprint density at radius 2 is 1.89 bits per heavy atom. The van der Waals surface area contributed by atoms with Crippen LogP contribution in [0.5, 0.6) is 5.75 Å². The maximum Gasteiger partial charge on any atom is 0.490 e. The van der Waals surface area contributed by atoms with Crippen LogP contribution in [0, 0.1) is 5.92 Å². The molecule has 1 fully saturated rings. The standard InChI is InChI=1S/C22H27N5O3.C2HF3O2/c1-5-17-19-20(26-27(17)15-9-23-10-15)22(29)25-21(24-19)16-8-14(13(4)28)6-7-18(16)30-11-12(2)3;3-2(4,5)1(6)7/h6-8,12,15,23H,5,9-11H2,1-4H3,(H,24,25,29);(H,6,7). The number of aromatic amines is 1. The van der Waals surface area contributed by atoms with Crippen LogP contribution in [-0.4, -0.2) is 62.5 Å². The molecular formula is C24H28F3N5O5. The number of halogens is 3. The third-order valence-corrected chi connectivity index (χ3v) is 5.55. The second-order valence-corrected chi connectivity index (χ2v) is 8.94. The number of carboxylic acids is 1. The summed E-state index contributed by atoms with van der Waals surface area (Å²) in [4.78, 5) is 41.4. The number of hydrogen-bond acceptors (Lipinski definition) is 7. The molecule has 3 N–H and O–H groups in total. The lowest BCUT2D eigenvalue weighted by Crippen LogP contribution is -2.44. The van der Waals surface area contributed by atoms with Crippen LogP contribution in [0.1, 0.15) is 49.8 Å². The van der Waals surface area contributed by atoms with Crippen molar-refractivity contribution in [3.05, 3.63) is 39.8 Å². The van der Waals surface area contributed by atoms with Crippen LogP contribution in [0.2, 0.25) is 0 Å². The molecule has 13 heteroatoms. The van der Waals surface area contributed by atoms with Gasteiger partial charge in [0.2, 0.25) is 0 Å². The summed E-state index contributed by atoms with van der Waals surface area (Å²) >= 11 is 0. The zero-order valence-corrected chi connectivity index (χ0v) is 20.8. The number of ketones is 1. The third kappa shape index (κ3) is 6.34. The second-order valence-electron chi connectivity index (χ2n) is 8.94. The molecule has 0 amide bonds. The van der Waals surface area contributed by atoms with Crippen molar-refractivity contribution in [3.8, 4) is 17.1 Å². The average molecular weight is 524 g/mol. The highest BCUT2D eigenvalue weighted by Crippen LogP contribution is 2.31. The van der Waals surface area contributed by atoms with Crippen LogP contribution in [0.15, 0.2) is 23.0 Å². The van der Waals surface area contributed by atoms with Crippen molar-refractivity contribution in [2.75, 3.05) is 19.7 Å². The fraction of sp³-hybridized carbons (Fsp3) is 0.458. The topological polar surface area (TPSA) is 139 Å². The Hall–Kier alpha value is -3.74. The number of fused-ring (bicyclic) bond motifs is 1. The SMILES string of the molecule is CCc1c2nc(-c3cc(C(C)=O)ccc3OCC(C)C)[nH]c(=O)c2nn1C1CNC1.O=C(O)C(F)(F)F. The van der Waals surface area contributed by atoms with E-state index in [4.69, 9.17) is 19.6 Å². The molecule has 0 spiro atoms. The third-order valence-electron chi connectivity index (χ3n) is 5.55. The van der Waals surface area contributed by atoms with Gasteiger partial charge in [0.25, 0.3) is 5.56 Å². The molecule has 10 nitrogen and oxygen atoms in total. The highest BCUT2D eigenvalue weighted by atomic mass is 19.4. The summed E-state index contributed by atoms with van der Waals surface area (Å²) in [6, 6.07) is 5.47. The lowest BCUT2D eigenvalue weighted by molar-refractivity contribution is -0.192. The predicted octanol–water partition coefficient (Wildman–Crippen LogP) is 3.36. The maximum absolute atomic E-state index is 12.9. The van der Waals surface area contributed by atoms with E-state index >= 15 is 0 Å². The van der Waals surface area contributed by atoms with Crippen LogP contribution in [-0.2, 0) is 11.2 Å². The monoisotopic (exact) mass is 523 g/mol. The van der Waals surface area contributed by atoms with Gasteiger partial charge in [-0.25, -0.2) is 9.78 Å². The van der Waals surface area contributed by atoms with E-state index in [1.165, 1.54) is 6.92 Å². The number of aromatic nitrogens is 4. The first kappa shape index (κ1) is 27.8. The number of carboxylic acid groups (broad SMARTS) is 1. The summed E-state index contributed by atoms with van der Waals surface area (Å²) in [7, 11) is 0. The number of nitrogens with zero attached hydrogens (tertiary/aromatic N) is 3. The molecule has 3 heterocycles. The quantitative estimate of drug-likeness (QED) is 0.401. The molecular weight excluding hydrogens is 495 g/mol. The van der Waals surface area contributed by atoms with Gasteiger partial charge in [-0.1, -0.05) is 20.8 Å². The summed E-state index contributed by atoms with van der Waals surface area (Å²) in [6.45, 7) is 9.86. The summed E-state index contributed by atoms with van der Waals surface area (Å²) in [5, 5.41) is 14.9. The summed E-state index contributed by atoms with van der Waals surface area (Å²) in [5.41, 5.74) is 2.73. The minimum absolute atomic E-state index is 0.0605. The Balaban J connectivity index is 0.000000479. The smallest absolute Gasteiger partial charge is 0.490 e. The normalized spacial score (nSPS) is 13.7. The van der Waals surface area contributed by atoms with Crippen molar-refractivity contribution in [1.29, 1.82) is 0 Å². The molecule has 2 aromatic heterocycles. The fourth-order valence-electron chi connectivity index (χ4n) is 3.56. The van der Waals surface area contributed by atoms with E-state index in [1.807, 2.05) is 11.6 Å². The first-order chi connectivity index (χ1) is 17.3. The van der Waals surface area contributed by atoms with E-state index < -0.39 is 12.1 Å². The predicted molar refractivity (Wildman–Crippen MR) is 129 cm³/mol. The second kappa shape index (κ2) is 11.1. The molecule has 1 saturated heterocycles. The number of rotatable bonds is 7. The van der Waals surface area contributed by atoms with E-state index in [0.717, 1.165) is 18.8 Å². The Labute approximate surface area is 209 Å². The summed E-state index contributed by atoms with van der Waals surface area (Å²) < 4.78 is 39.6. The Morgan fingerprint density at radius 1 is 1.24 bits per heavy atom. The van der Waals surface area contributed by atoms with Gasteiger partial charge in [-0.05, 0) is 37.5 Å². The number of hydrogen-bond donors (Lipinski definition) is 3. The molecule has 0 aliphatic carbocycles.